The summed E-state index contributed by atoms with van der Waals surface area (Å²) in [4.78, 5) is 28.6. The van der Waals surface area contributed by atoms with Crippen LogP contribution in [-0.4, -0.2) is 52.7 Å². The van der Waals surface area contributed by atoms with E-state index in [1.165, 1.54) is 5.56 Å². The summed E-state index contributed by atoms with van der Waals surface area (Å²) in [6, 6.07) is 11.7. The van der Waals surface area contributed by atoms with Crippen LogP contribution in [0.5, 0.6) is 0 Å². The highest BCUT2D eigenvalue weighted by Crippen LogP contribution is 2.30. The molecule has 0 bridgehead atoms. The first kappa shape index (κ1) is 19.6. The fraction of sp³-hybridized carbons (Fsp3) is 0.333. The number of nitrogens with one attached hydrogen (secondary N) is 2. The van der Waals surface area contributed by atoms with E-state index in [1.807, 2.05) is 35.4 Å². The van der Waals surface area contributed by atoms with Crippen molar-refractivity contribution in [3.05, 3.63) is 59.3 Å². The van der Waals surface area contributed by atoms with E-state index in [-0.39, 0.29) is 5.91 Å². The average Bonchev–Trinajstić information content (AvgIpc) is 3.25. The van der Waals surface area contributed by atoms with Gasteiger partial charge in [-0.15, -0.1) is 0 Å². The van der Waals surface area contributed by atoms with Gasteiger partial charge in [-0.3, -0.25) is 9.79 Å². The number of anilines is 2. The van der Waals surface area contributed by atoms with Crippen LogP contribution in [0, 0.1) is 5.92 Å². The highest BCUT2D eigenvalue weighted by Gasteiger charge is 2.22. The molecule has 2 aliphatic heterocycles. The molecule has 2 aliphatic rings. The number of carbonyl (C=O) groups excluding carboxylic acids is 1. The molecule has 3 aromatic rings. The Labute approximate surface area is 181 Å². The first-order chi connectivity index (χ1) is 15.1. The second kappa shape index (κ2) is 8.07. The van der Waals surface area contributed by atoms with Crippen LogP contribution in [-0.2, 0) is 6.54 Å². The highest BCUT2D eigenvalue weighted by molar-refractivity contribution is 6.13. The van der Waals surface area contributed by atoms with E-state index in [9.17, 15) is 4.79 Å². The molecule has 5 rings (SSSR count). The summed E-state index contributed by atoms with van der Waals surface area (Å²) in [5.41, 5.74) is 5.96. The highest BCUT2D eigenvalue weighted by atomic mass is 16.2. The Morgan fingerprint density at radius 1 is 1.10 bits per heavy atom. The van der Waals surface area contributed by atoms with Gasteiger partial charge in [-0.2, -0.15) is 0 Å². The molecule has 158 valence electrons. The molecule has 0 atom stereocenters. The summed E-state index contributed by atoms with van der Waals surface area (Å²) in [6.07, 6.45) is 1.85. The van der Waals surface area contributed by atoms with Gasteiger partial charge in [-0.1, -0.05) is 26.0 Å². The maximum Gasteiger partial charge on any atom is 0.253 e. The third-order valence-corrected chi connectivity index (χ3v) is 5.85. The number of fused-ring (bicyclic) bond motifs is 3. The number of hydrogen-bond donors (Lipinski definition) is 2. The van der Waals surface area contributed by atoms with Crippen LogP contribution in [0.4, 0.5) is 11.6 Å². The molecule has 7 nitrogen and oxygen atoms in total. The standard InChI is InChI=1S/C24H26N6O/c1-15(2)21-20-17(13-26-21)3-4-18-14-27-24(29-22(18)20)28-19-7-5-16(6-8-19)23(31)30-11-9-25-10-12-30/h3-8,14-15,25H,9-13H2,1-2H3,(H,27,28,29). The van der Waals surface area contributed by atoms with E-state index in [1.54, 1.807) is 0 Å². The number of carbonyl (C=O) groups is 1. The molecular weight excluding hydrogens is 388 g/mol. The lowest BCUT2D eigenvalue weighted by atomic mass is 9.96. The van der Waals surface area contributed by atoms with E-state index in [0.29, 0.717) is 24.0 Å². The van der Waals surface area contributed by atoms with Crippen molar-refractivity contribution in [3.63, 3.8) is 0 Å². The third kappa shape index (κ3) is 3.77. The maximum absolute atomic E-state index is 12.7. The van der Waals surface area contributed by atoms with Gasteiger partial charge in [-0.05, 0) is 35.7 Å². The predicted octanol–water partition coefficient (Wildman–Crippen LogP) is 3.38. The van der Waals surface area contributed by atoms with Gasteiger partial charge < -0.3 is 15.5 Å². The van der Waals surface area contributed by atoms with Gasteiger partial charge in [0, 0.05) is 60.3 Å². The van der Waals surface area contributed by atoms with Gasteiger partial charge in [0.15, 0.2) is 0 Å². The van der Waals surface area contributed by atoms with Crippen molar-refractivity contribution in [3.8, 4) is 0 Å². The first-order valence-electron chi connectivity index (χ1n) is 10.8. The number of piperazine rings is 1. The van der Waals surface area contributed by atoms with E-state index in [4.69, 9.17) is 9.98 Å². The second-order valence-electron chi connectivity index (χ2n) is 8.33. The molecule has 1 aromatic heterocycles. The fourth-order valence-electron chi connectivity index (χ4n) is 4.21. The maximum atomic E-state index is 12.7. The van der Waals surface area contributed by atoms with Crippen LogP contribution in [0.3, 0.4) is 0 Å². The van der Waals surface area contributed by atoms with Crippen molar-refractivity contribution in [2.75, 3.05) is 31.5 Å². The van der Waals surface area contributed by atoms with Crippen molar-refractivity contribution in [1.29, 1.82) is 0 Å². The Morgan fingerprint density at radius 3 is 2.61 bits per heavy atom. The molecule has 2 N–H and O–H groups in total. The van der Waals surface area contributed by atoms with Gasteiger partial charge in [0.05, 0.1) is 12.1 Å². The lowest BCUT2D eigenvalue weighted by molar-refractivity contribution is 0.0736. The Kier molecular flexibility index (Phi) is 5.11. The number of aromatic nitrogens is 2. The fourth-order valence-corrected chi connectivity index (χ4v) is 4.21. The van der Waals surface area contributed by atoms with Gasteiger partial charge in [0.25, 0.3) is 5.91 Å². The molecule has 0 spiro atoms. The van der Waals surface area contributed by atoms with Gasteiger partial charge in [0.2, 0.25) is 5.95 Å². The molecular formula is C24H26N6O. The minimum absolute atomic E-state index is 0.0751. The SMILES string of the molecule is CC(C)C1=NCc2ccc3cnc(Nc4ccc(C(=O)N5CCNCC5)cc4)nc3c21. The Hall–Kier alpha value is -3.32. The number of nitrogens with zero attached hydrogens (tertiary/aromatic N) is 4. The molecule has 0 saturated carbocycles. The van der Waals surface area contributed by atoms with E-state index < -0.39 is 0 Å². The van der Waals surface area contributed by atoms with Crippen molar-refractivity contribution < 1.29 is 4.79 Å². The lowest BCUT2D eigenvalue weighted by Crippen LogP contribution is -2.46. The summed E-state index contributed by atoms with van der Waals surface area (Å²) in [7, 11) is 0. The van der Waals surface area contributed by atoms with Crippen molar-refractivity contribution in [2.24, 2.45) is 10.9 Å². The summed E-state index contributed by atoms with van der Waals surface area (Å²) in [5.74, 6) is 0.960. The number of hydrogen-bond acceptors (Lipinski definition) is 6. The van der Waals surface area contributed by atoms with Crippen LogP contribution < -0.4 is 10.6 Å². The molecule has 1 fully saturated rings. The van der Waals surface area contributed by atoms with Crippen molar-refractivity contribution >= 4 is 34.2 Å². The Morgan fingerprint density at radius 2 is 1.87 bits per heavy atom. The summed E-state index contributed by atoms with van der Waals surface area (Å²) >= 11 is 0. The van der Waals surface area contributed by atoms with E-state index >= 15 is 0 Å². The van der Waals surface area contributed by atoms with Gasteiger partial charge in [0.1, 0.15) is 0 Å². The molecule has 1 saturated heterocycles. The summed E-state index contributed by atoms with van der Waals surface area (Å²) in [6.45, 7) is 8.22. The second-order valence-corrected chi connectivity index (χ2v) is 8.33. The zero-order valence-corrected chi connectivity index (χ0v) is 17.9. The van der Waals surface area contributed by atoms with Crippen LogP contribution in [0.1, 0.15) is 35.3 Å². The molecule has 0 unspecified atom stereocenters. The zero-order valence-electron chi connectivity index (χ0n) is 17.9. The smallest absolute Gasteiger partial charge is 0.253 e. The van der Waals surface area contributed by atoms with Crippen LogP contribution in [0.2, 0.25) is 0 Å². The minimum Gasteiger partial charge on any atom is -0.336 e. The first-order valence-corrected chi connectivity index (χ1v) is 10.8. The molecule has 7 heteroatoms. The Balaban J connectivity index is 1.39. The zero-order chi connectivity index (χ0) is 21.4. The number of rotatable bonds is 4. The number of amides is 1. The summed E-state index contributed by atoms with van der Waals surface area (Å²) in [5, 5.41) is 7.56. The van der Waals surface area contributed by atoms with Crippen molar-refractivity contribution in [1.82, 2.24) is 20.2 Å². The monoisotopic (exact) mass is 414 g/mol. The molecule has 0 aliphatic carbocycles. The molecule has 3 heterocycles. The largest absolute Gasteiger partial charge is 0.336 e. The number of benzene rings is 2. The summed E-state index contributed by atoms with van der Waals surface area (Å²) < 4.78 is 0. The molecule has 31 heavy (non-hydrogen) atoms. The molecule has 0 radical (unpaired) electrons. The lowest BCUT2D eigenvalue weighted by Gasteiger charge is -2.27. The topological polar surface area (TPSA) is 82.5 Å². The van der Waals surface area contributed by atoms with E-state index in [0.717, 1.165) is 54.0 Å². The van der Waals surface area contributed by atoms with E-state index in [2.05, 4.69) is 41.6 Å². The number of aliphatic imine (C=N–C) groups is 1. The minimum atomic E-state index is 0.0751. The molecule has 2 aromatic carbocycles. The normalized spacial score (nSPS) is 15.8. The van der Waals surface area contributed by atoms with Gasteiger partial charge in [-0.25, -0.2) is 9.97 Å². The third-order valence-electron chi connectivity index (χ3n) is 5.85. The van der Waals surface area contributed by atoms with Crippen molar-refractivity contribution in [2.45, 2.75) is 20.4 Å². The Bertz CT molecular complexity index is 1160. The van der Waals surface area contributed by atoms with Crippen LogP contribution in [0.25, 0.3) is 10.9 Å². The molecule has 1 amide bonds. The van der Waals surface area contributed by atoms with Gasteiger partial charge >= 0.3 is 0 Å². The average molecular weight is 415 g/mol. The quantitative estimate of drug-likeness (QED) is 0.684. The van der Waals surface area contributed by atoms with Crippen LogP contribution >= 0.6 is 0 Å². The predicted molar refractivity (Wildman–Crippen MR) is 123 cm³/mol. The van der Waals surface area contributed by atoms with Crippen LogP contribution in [0.15, 0.2) is 47.6 Å².